The standard InChI is InChI=1S/C9H10O2S/c1-5-8(6-2-3-6)7(4-12-5)9(10)11/h4,6H,2-3H2,1H3,(H,10,11). The fourth-order valence-electron chi connectivity index (χ4n) is 1.51. The third-order valence-electron chi connectivity index (χ3n) is 2.24. The predicted octanol–water partition coefficient (Wildman–Crippen LogP) is 2.63. The van der Waals surface area contributed by atoms with E-state index >= 15 is 0 Å². The van der Waals surface area contributed by atoms with Crippen molar-refractivity contribution >= 4 is 17.3 Å². The summed E-state index contributed by atoms with van der Waals surface area (Å²) in [6.45, 7) is 2.00. The number of aryl methyl sites for hydroxylation is 1. The number of thiophene rings is 1. The summed E-state index contributed by atoms with van der Waals surface area (Å²) < 4.78 is 0. The lowest BCUT2D eigenvalue weighted by atomic mass is 10.1. The molecule has 1 saturated carbocycles. The Labute approximate surface area is 74.8 Å². The maximum Gasteiger partial charge on any atom is 0.336 e. The third-order valence-corrected chi connectivity index (χ3v) is 3.17. The molecule has 1 aromatic heterocycles. The molecule has 0 radical (unpaired) electrons. The van der Waals surface area contributed by atoms with E-state index in [0.29, 0.717) is 11.5 Å². The maximum absolute atomic E-state index is 10.8. The molecular weight excluding hydrogens is 172 g/mol. The lowest BCUT2D eigenvalue weighted by Gasteiger charge is -1.97. The minimum Gasteiger partial charge on any atom is -0.478 e. The van der Waals surface area contributed by atoms with Gasteiger partial charge in [-0.05, 0) is 31.2 Å². The van der Waals surface area contributed by atoms with E-state index in [0.717, 1.165) is 18.4 Å². The molecule has 2 rings (SSSR count). The van der Waals surface area contributed by atoms with Crippen molar-refractivity contribution in [2.45, 2.75) is 25.7 Å². The smallest absolute Gasteiger partial charge is 0.336 e. The molecule has 1 fully saturated rings. The molecule has 0 aromatic carbocycles. The third kappa shape index (κ3) is 1.14. The summed E-state index contributed by atoms with van der Waals surface area (Å²) in [5.74, 6) is -0.233. The Morgan fingerprint density at radius 3 is 2.83 bits per heavy atom. The van der Waals surface area contributed by atoms with Crippen LogP contribution in [-0.2, 0) is 0 Å². The highest BCUT2D eigenvalue weighted by molar-refractivity contribution is 7.10. The largest absolute Gasteiger partial charge is 0.478 e. The molecule has 0 unspecified atom stereocenters. The summed E-state index contributed by atoms with van der Waals surface area (Å²) in [6.07, 6.45) is 2.33. The van der Waals surface area contributed by atoms with E-state index in [4.69, 9.17) is 5.11 Å². The zero-order chi connectivity index (χ0) is 8.72. The minimum absolute atomic E-state index is 0.528. The quantitative estimate of drug-likeness (QED) is 0.763. The van der Waals surface area contributed by atoms with Crippen LogP contribution in [-0.4, -0.2) is 11.1 Å². The molecule has 0 bridgehead atoms. The van der Waals surface area contributed by atoms with Crippen LogP contribution < -0.4 is 0 Å². The Kier molecular flexibility index (Phi) is 1.68. The fraction of sp³-hybridized carbons (Fsp3) is 0.444. The number of rotatable bonds is 2. The highest BCUT2D eigenvalue weighted by atomic mass is 32.1. The highest BCUT2D eigenvalue weighted by Gasteiger charge is 2.30. The normalized spacial score (nSPS) is 16.4. The van der Waals surface area contributed by atoms with Crippen molar-refractivity contribution < 1.29 is 9.90 Å². The summed E-state index contributed by atoms with van der Waals surface area (Å²) in [5, 5.41) is 10.6. The second-order valence-electron chi connectivity index (χ2n) is 3.20. The van der Waals surface area contributed by atoms with E-state index in [-0.39, 0.29) is 0 Å². The van der Waals surface area contributed by atoms with Gasteiger partial charge < -0.3 is 5.11 Å². The van der Waals surface area contributed by atoms with Crippen molar-refractivity contribution in [1.82, 2.24) is 0 Å². The topological polar surface area (TPSA) is 37.3 Å². The van der Waals surface area contributed by atoms with Gasteiger partial charge in [-0.2, -0.15) is 0 Å². The molecule has 3 heteroatoms. The van der Waals surface area contributed by atoms with Crippen LogP contribution in [0.3, 0.4) is 0 Å². The molecule has 1 heterocycles. The average molecular weight is 182 g/mol. The molecule has 1 aliphatic carbocycles. The van der Waals surface area contributed by atoms with Crippen molar-refractivity contribution in [3.05, 3.63) is 21.4 Å². The fourth-order valence-corrected chi connectivity index (χ4v) is 2.43. The zero-order valence-corrected chi connectivity index (χ0v) is 7.65. The number of aromatic carboxylic acids is 1. The second-order valence-corrected chi connectivity index (χ2v) is 4.28. The first kappa shape index (κ1) is 7.80. The van der Waals surface area contributed by atoms with Gasteiger partial charge >= 0.3 is 5.97 Å². The molecule has 64 valence electrons. The number of carboxylic acid groups (broad SMARTS) is 1. The van der Waals surface area contributed by atoms with Crippen molar-refractivity contribution in [2.75, 3.05) is 0 Å². The van der Waals surface area contributed by atoms with Crippen LogP contribution in [0.5, 0.6) is 0 Å². The Bertz CT molecular complexity index is 323. The van der Waals surface area contributed by atoms with Gasteiger partial charge in [0, 0.05) is 10.3 Å². The number of hydrogen-bond donors (Lipinski definition) is 1. The second kappa shape index (κ2) is 2.59. The Morgan fingerprint density at radius 1 is 1.67 bits per heavy atom. The lowest BCUT2D eigenvalue weighted by Crippen LogP contribution is -1.98. The van der Waals surface area contributed by atoms with Crippen LogP contribution in [0.15, 0.2) is 5.38 Å². The van der Waals surface area contributed by atoms with Gasteiger partial charge in [0.05, 0.1) is 5.56 Å². The van der Waals surface area contributed by atoms with Gasteiger partial charge in [-0.25, -0.2) is 4.79 Å². The molecule has 0 aliphatic heterocycles. The van der Waals surface area contributed by atoms with E-state index in [2.05, 4.69) is 0 Å². The van der Waals surface area contributed by atoms with Crippen LogP contribution in [0, 0.1) is 6.92 Å². The molecule has 1 aliphatic rings. The van der Waals surface area contributed by atoms with E-state index < -0.39 is 5.97 Å². The molecule has 2 nitrogen and oxygen atoms in total. The van der Waals surface area contributed by atoms with Crippen molar-refractivity contribution in [3.63, 3.8) is 0 Å². The molecule has 0 saturated heterocycles. The van der Waals surface area contributed by atoms with E-state index in [1.54, 1.807) is 16.7 Å². The molecule has 1 N–H and O–H groups in total. The van der Waals surface area contributed by atoms with Gasteiger partial charge in [-0.15, -0.1) is 11.3 Å². The SMILES string of the molecule is Cc1scc(C(=O)O)c1C1CC1. The first-order valence-electron chi connectivity index (χ1n) is 4.01. The molecule has 0 atom stereocenters. The molecule has 1 aromatic rings. The van der Waals surface area contributed by atoms with Crippen molar-refractivity contribution in [3.8, 4) is 0 Å². The number of hydrogen-bond acceptors (Lipinski definition) is 2. The summed E-state index contributed by atoms with van der Waals surface area (Å²) >= 11 is 1.55. The Morgan fingerprint density at radius 2 is 2.33 bits per heavy atom. The first-order chi connectivity index (χ1) is 5.70. The van der Waals surface area contributed by atoms with Crippen LogP contribution in [0.1, 0.15) is 39.6 Å². The minimum atomic E-state index is -0.777. The lowest BCUT2D eigenvalue weighted by molar-refractivity contribution is 0.0696. The summed E-state index contributed by atoms with van der Waals surface area (Å²) in [5.41, 5.74) is 1.62. The molecule has 0 spiro atoms. The van der Waals surface area contributed by atoms with Crippen LogP contribution in [0.2, 0.25) is 0 Å². The highest BCUT2D eigenvalue weighted by Crippen LogP contribution is 2.45. The van der Waals surface area contributed by atoms with Gasteiger partial charge in [0.1, 0.15) is 0 Å². The number of carbonyl (C=O) groups is 1. The van der Waals surface area contributed by atoms with Crippen LogP contribution in [0.25, 0.3) is 0 Å². The van der Waals surface area contributed by atoms with Crippen molar-refractivity contribution in [1.29, 1.82) is 0 Å². The summed E-state index contributed by atoms with van der Waals surface area (Å²) in [7, 11) is 0. The predicted molar refractivity (Wildman–Crippen MR) is 48.0 cm³/mol. The van der Waals surface area contributed by atoms with E-state index in [1.807, 2.05) is 6.92 Å². The van der Waals surface area contributed by atoms with Gasteiger partial charge in [0.2, 0.25) is 0 Å². The average Bonchev–Trinajstić information content (AvgIpc) is 2.75. The Hall–Kier alpha value is -0.830. The van der Waals surface area contributed by atoms with Crippen LogP contribution >= 0.6 is 11.3 Å². The zero-order valence-electron chi connectivity index (χ0n) is 6.83. The van der Waals surface area contributed by atoms with Crippen molar-refractivity contribution in [2.24, 2.45) is 0 Å². The summed E-state index contributed by atoms with van der Waals surface area (Å²) in [6, 6.07) is 0. The first-order valence-corrected chi connectivity index (χ1v) is 4.89. The molecule has 12 heavy (non-hydrogen) atoms. The van der Waals surface area contributed by atoms with E-state index in [9.17, 15) is 4.79 Å². The van der Waals surface area contributed by atoms with Crippen LogP contribution in [0.4, 0.5) is 0 Å². The maximum atomic E-state index is 10.8. The number of carboxylic acids is 1. The van der Waals surface area contributed by atoms with Gasteiger partial charge in [0.25, 0.3) is 0 Å². The molecular formula is C9H10O2S. The monoisotopic (exact) mass is 182 g/mol. The van der Waals surface area contributed by atoms with E-state index in [1.165, 1.54) is 4.88 Å². The Balaban J connectivity index is 2.46. The van der Waals surface area contributed by atoms with Gasteiger partial charge in [0.15, 0.2) is 0 Å². The van der Waals surface area contributed by atoms with Gasteiger partial charge in [-0.3, -0.25) is 0 Å². The summed E-state index contributed by atoms with van der Waals surface area (Å²) in [4.78, 5) is 11.9. The van der Waals surface area contributed by atoms with Gasteiger partial charge in [-0.1, -0.05) is 0 Å². The molecule has 0 amide bonds.